The Kier molecular flexibility index (Phi) is 6.16. The minimum Gasteiger partial charge on any atom is -0.463 e. The van der Waals surface area contributed by atoms with E-state index in [-0.39, 0.29) is 18.3 Å². The summed E-state index contributed by atoms with van der Waals surface area (Å²) in [5, 5.41) is 0. The van der Waals surface area contributed by atoms with Gasteiger partial charge in [-0.05, 0) is 12.5 Å². The van der Waals surface area contributed by atoms with Crippen molar-refractivity contribution in [2.24, 2.45) is 16.5 Å². The average molecular weight is 333 g/mol. The minimum absolute atomic E-state index is 0.0465. The number of methoxy groups -OCH3 is 1. The maximum atomic E-state index is 12.3. The van der Waals surface area contributed by atoms with E-state index in [1.807, 2.05) is 30.3 Å². The van der Waals surface area contributed by atoms with E-state index in [1.165, 1.54) is 4.57 Å². The fraction of sp³-hybridized carbons (Fsp3) is 0.375. The molecule has 2 aromatic rings. The third-order valence-corrected chi connectivity index (χ3v) is 3.38. The Labute approximate surface area is 140 Å². The van der Waals surface area contributed by atoms with Crippen molar-refractivity contribution in [2.75, 3.05) is 20.3 Å². The molecule has 1 unspecified atom stereocenters. The second kappa shape index (κ2) is 8.32. The molecule has 130 valence electrons. The number of imidazole rings is 1. The van der Waals surface area contributed by atoms with Gasteiger partial charge in [-0.3, -0.25) is 4.57 Å². The molecule has 1 aromatic carbocycles. The smallest absolute Gasteiger partial charge is 0.327 e. The van der Waals surface area contributed by atoms with Crippen molar-refractivity contribution < 1.29 is 9.47 Å². The van der Waals surface area contributed by atoms with Crippen LogP contribution in [0.25, 0.3) is 0 Å². The zero-order valence-electron chi connectivity index (χ0n) is 13.9. The first kappa shape index (κ1) is 17.8. The maximum absolute atomic E-state index is 12.3. The summed E-state index contributed by atoms with van der Waals surface area (Å²) in [4.78, 5) is 19.3. The Morgan fingerprint density at radius 2 is 2.04 bits per heavy atom. The third-order valence-electron chi connectivity index (χ3n) is 3.38. The molecule has 0 saturated heterocycles. The van der Waals surface area contributed by atoms with Gasteiger partial charge in [-0.1, -0.05) is 30.3 Å². The van der Waals surface area contributed by atoms with Crippen LogP contribution in [0.4, 0.5) is 5.82 Å². The molecule has 0 fully saturated rings. The predicted molar refractivity (Wildman–Crippen MR) is 92.3 cm³/mol. The lowest BCUT2D eigenvalue weighted by Gasteiger charge is -2.09. The van der Waals surface area contributed by atoms with Crippen LogP contribution in [0.2, 0.25) is 0 Å². The highest BCUT2D eigenvalue weighted by Crippen LogP contribution is 2.22. The Morgan fingerprint density at radius 1 is 1.33 bits per heavy atom. The standard InChI is InChI=1S/C16H23N5O3/c1-11(17)13-14(20-15(18)24-9-8-23-2)21(16(22)19-13)10-12-6-4-3-5-7-12/h3-7,11H,8-10,17H2,1-2H3,(H2,18,20)(H,19,22). The van der Waals surface area contributed by atoms with Crippen molar-refractivity contribution in [2.45, 2.75) is 19.5 Å². The largest absolute Gasteiger partial charge is 0.463 e. The molecule has 0 radical (unpaired) electrons. The normalized spacial score (nSPS) is 13.0. The zero-order chi connectivity index (χ0) is 17.5. The highest BCUT2D eigenvalue weighted by atomic mass is 16.5. The van der Waals surface area contributed by atoms with Gasteiger partial charge >= 0.3 is 5.69 Å². The van der Waals surface area contributed by atoms with Crippen molar-refractivity contribution in [1.29, 1.82) is 0 Å². The van der Waals surface area contributed by atoms with Gasteiger partial charge < -0.3 is 25.9 Å². The number of H-pyrrole nitrogens is 1. The molecule has 5 N–H and O–H groups in total. The molecule has 0 amide bonds. The van der Waals surface area contributed by atoms with Crippen LogP contribution in [0.1, 0.15) is 24.2 Å². The molecule has 0 spiro atoms. The number of nitrogens with zero attached hydrogens (tertiary/aromatic N) is 2. The molecular formula is C16H23N5O3. The van der Waals surface area contributed by atoms with Gasteiger partial charge in [0.25, 0.3) is 6.02 Å². The van der Waals surface area contributed by atoms with Crippen LogP contribution in [0.5, 0.6) is 0 Å². The number of aromatic nitrogens is 2. The van der Waals surface area contributed by atoms with E-state index in [1.54, 1.807) is 14.0 Å². The first-order valence-electron chi connectivity index (χ1n) is 7.61. The second-order valence-corrected chi connectivity index (χ2v) is 5.32. The lowest BCUT2D eigenvalue weighted by molar-refractivity contribution is 0.140. The highest BCUT2D eigenvalue weighted by molar-refractivity contribution is 5.75. The summed E-state index contributed by atoms with van der Waals surface area (Å²) in [5.74, 6) is 0.369. The first-order chi connectivity index (χ1) is 11.5. The fourth-order valence-corrected chi connectivity index (χ4v) is 2.20. The van der Waals surface area contributed by atoms with Gasteiger partial charge in [-0.15, -0.1) is 0 Å². The molecule has 1 atom stereocenters. The number of hydrogen-bond acceptors (Lipinski definition) is 5. The van der Waals surface area contributed by atoms with Crippen molar-refractivity contribution in [3.63, 3.8) is 0 Å². The van der Waals surface area contributed by atoms with E-state index in [0.29, 0.717) is 24.7 Å². The SMILES string of the molecule is COCCOC(N)=Nc1c(C(C)N)[nH]c(=O)n1Cc1ccccc1. The molecule has 2 rings (SSSR count). The number of nitrogens with two attached hydrogens (primary N) is 2. The Bertz CT molecular complexity index is 734. The van der Waals surface area contributed by atoms with E-state index < -0.39 is 6.04 Å². The van der Waals surface area contributed by atoms with E-state index in [9.17, 15) is 4.79 Å². The molecule has 1 heterocycles. The molecule has 0 bridgehead atoms. The minimum atomic E-state index is -0.403. The van der Waals surface area contributed by atoms with Gasteiger partial charge in [-0.2, -0.15) is 4.99 Å². The van der Waals surface area contributed by atoms with E-state index >= 15 is 0 Å². The zero-order valence-corrected chi connectivity index (χ0v) is 13.9. The van der Waals surface area contributed by atoms with Gasteiger partial charge in [0.2, 0.25) is 0 Å². The van der Waals surface area contributed by atoms with Crippen LogP contribution in [0.3, 0.4) is 0 Å². The van der Waals surface area contributed by atoms with Gasteiger partial charge in [0.15, 0.2) is 5.82 Å². The fourth-order valence-electron chi connectivity index (χ4n) is 2.20. The number of benzene rings is 1. The molecule has 0 aliphatic carbocycles. The number of hydrogen-bond donors (Lipinski definition) is 3. The predicted octanol–water partition coefficient (Wildman–Crippen LogP) is 0.854. The van der Waals surface area contributed by atoms with E-state index in [0.717, 1.165) is 5.56 Å². The second-order valence-electron chi connectivity index (χ2n) is 5.32. The molecule has 8 nitrogen and oxygen atoms in total. The van der Waals surface area contributed by atoms with Crippen LogP contribution >= 0.6 is 0 Å². The number of amidine groups is 1. The maximum Gasteiger partial charge on any atom is 0.327 e. The summed E-state index contributed by atoms with van der Waals surface area (Å²) in [7, 11) is 1.56. The van der Waals surface area contributed by atoms with Gasteiger partial charge in [0.1, 0.15) is 6.61 Å². The van der Waals surface area contributed by atoms with Crippen LogP contribution in [0, 0.1) is 0 Å². The molecular weight excluding hydrogens is 310 g/mol. The highest BCUT2D eigenvalue weighted by Gasteiger charge is 2.17. The summed E-state index contributed by atoms with van der Waals surface area (Å²) in [5.41, 5.74) is 12.9. The Hall–Kier alpha value is -2.58. The summed E-state index contributed by atoms with van der Waals surface area (Å²) in [6, 6.07) is 9.13. The third kappa shape index (κ3) is 4.46. The number of aliphatic imine (C=N–C) groups is 1. The van der Waals surface area contributed by atoms with Gasteiger partial charge in [0, 0.05) is 13.2 Å². The number of ether oxygens (including phenoxy) is 2. The van der Waals surface area contributed by atoms with E-state index in [2.05, 4.69) is 9.98 Å². The molecule has 24 heavy (non-hydrogen) atoms. The van der Waals surface area contributed by atoms with E-state index in [4.69, 9.17) is 20.9 Å². The Balaban J connectivity index is 2.36. The van der Waals surface area contributed by atoms with Crippen molar-refractivity contribution in [1.82, 2.24) is 9.55 Å². The van der Waals surface area contributed by atoms with Crippen molar-refractivity contribution >= 4 is 11.8 Å². The van der Waals surface area contributed by atoms with Crippen LogP contribution in [0.15, 0.2) is 40.1 Å². The van der Waals surface area contributed by atoms with Gasteiger partial charge in [-0.25, -0.2) is 4.79 Å². The molecule has 0 saturated carbocycles. The van der Waals surface area contributed by atoms with Crippen molar-refractivity contribution in [3.05, 3.63) is 52.1 Å². The molecule has 1 aromatic heterocycles. The monoisotopic (exact) mass is 333 g/mol. The lowest BCUT2D eigenvalue weighted by atomic mass is 10.2. The molecule has 0 aliphatic heterocycles. The number of nitrogens with one attached hydrogen (secondary N) is 1. The van der Waals surface area contributed by atoms with Crippen molar-refractivity contribution in [3.8, 4) is 0 Å². The van der Waals surface area contributed by atoms with Crippen LogP contribution in [-0.4, -0.2) is 35.9 Å². The Morgan fingerprint density at radius 3 is 2.67 bits per heavy atom. The summed E-state index contributed by atoms with van der Waals surface area (Å²) in [6.07, 6.45) is 0. The summed E-state index contributed by atoms with van der Waals surface area (Å²) < 4.78 is 11.6. The van der Waals surface area contributed by atoms with Crippen LogP contribution in [-0.2, 0) is 16.0 Å². The topological polar surface area (TPSA) is 121 Å². The summed E-state index contributed by atoms with van der Waals surface area (Å²) in [6.45, 7) is 2.78. The average Bonchev–Trinajstić information content (AvgIpc) is 2.85. The first-order valence-corrected chi connectivity index (χ1v) is 7.61. The summed E-state index contributed by atoms with van der Waals surface area (Å²) >= 11 is 0. The number of aromatic amines is 1. The number of rotatable bonds is 7. The molecule has 0 aliphatic rings. The molecule has 8 heteroatoms. The lowest BCUT2D eigenvalue weighted by Crippen LogP contribution is -2.20. The quantitative estimate of drug-likeness (QED) is 0.394. The van der Waals surface area contributed by atoms with Gasteiger partial charge in [0.05, 0.1) is 18.8 Å². The van der Waals surface area contributed by atoms with Crippen LogP contribution < -0.4 is 17.2 Å².